The number of amides is 1. The molecule has 2 aromatic carbocycles. The van der Waals surface area contributed by atoms with Gasteiger partial charge in [-0.05, 0) is 42.5 Å². The summed E-state index contributed by atoms with van der Waals surface area (Å²) in [6.07, 6.45) is -4.44. The monoisotopic (exact) mass is 377 g/mol. The Hall–Kier alpha value is -3.49. The molecule has 1 amide bonds. The van der Waals surface area contributed by atoms with Crippen LogP contribution in [0.5, 0.6) is 0 Å². The van der Waals surface area contributed by atoms with Gasteiger partial charge in [-0.25, -0.2) is 4.79 Å². The quantitative estimate of drug-likeness (QED) is 0.535. The zero-order valence-electron chi connectivity index (χ0n) is 13.9. The van der Waals surface area contributed by atoms with Crippen LogP contribution in [0.4, 0.5) is 30.2 Å². The van der Waals surface area contributed by atoms with Gasteiger partial charge in [0.15, 0.2) is 0 Å². The first-order chi connectivity index (χ1) is 12.6. The number of carbonyl (C=O) groups is 2. The van der Waals surface area contributed by atoms with Crippen molar-refractivity contribution in [2.24, 2.45) is 0 Å². The van der Waals surface area contributed by atoms with E-state index >= 15 is 0 Å². The topological polar surface area (TPSA) is 94.2 Å². The van der Waals surface area contributed by atoms with E-state index in [9.17, 15) is 22.8 Å². The number of aromatic amines is 1. The van der Waals surface area contributed by atoms with Crippen LogP contribution in [0, 0.1) is 0 Å². The molecule has 3 aromatic rings. The van der Waals surface area contributed by atoms with Gasteiger partial charge in [0.1, 0.15) is 5.69 Å². The Morgan fingerprint density at radius 2 is 1.70 bits per heavy atom. The van der Waals surface area contributed by atoms with Crippen LogP contribution < -0.4 is 10.6 Å². The molecule has 140 valence electrons. The SMILES string of the molecule is CC(=O)Nc1cc(Nc2ccc(C(F)(F)F)cc2)c2cc(C(=O)O)[nH]c2c1. The van der Waals surface area contributed by atoms with Crippen molar-refractivity contribution in [3.05, 3.63) is 53.7 Å². The van der Waals surface area contributed by atoms with Crippen molar-refractivity contribution in [1.29, 1.82) is 0 Å². The lowest BCUT2D eigenvalue weighted by Crippen LogP contribution is -2.06. The van der Waals surface area contributed by atoms with Crippen molar-refractivity contribution in [2.75, 3.05) is 10.6 Å². The minimum absolute atomic E-state index is 0.0551. The summed E-state index contributed by atoms with van der Waals surface area (Å²) < 4.78 is 38.1. The first-order valence-electron chi connectivity index (χ1n) is 7.75. The third-order valence-electron chi connectivity index (χ3n) is 3.78. The minimum atomic E-state index is -4.44. The van der Waals surface area contributed by atoms with Crippen LogP contribution >= 0.6 is 0 Å². The van der Waals surface area contributed by atoms with E-state index in [1.165, 1.54) is 25.1 Å². The van der Waals surface area contributed by atoms with Crippen molar-refractivity contribution < 1.29 is 27.9 Å². The maximum atomic E-state index is 12.7. The molecule has 4 N–H and O–H groups in total. The Balaban J connectivity index is 2.03. The van der Waals surface area contributed by atoms with E-state index in [4.69, 9.17) is 5.11 Å². The Morgan fingerprint density at radius 1 is 1.04 bits per heavy atom. The average Bonchev–Trinajstić information content (AvgIpc) is 2.98. The molecule has 0 spiro atoms. The normalized spacial score (nSPS) is 11.4. The number of fused-ring (bicyclic) bond motifs is 1. The summed E-state index contributed by atoms with van der Waals surface area (Å²) in [7, 11) is 0. The Bertz CT molecular complexity index is 1020. The average molecular weight is 377 g/mol. The van der Waals surface area contributed by atoms with Crippen molar-refractivity contribution in [1.82, 2.24) is 4.98 Å². The number of nitrogens with one attached hydrogen (secondary N) is 3. The lowest BCUT2D eigenvalue weighted by Gasteiger charge is -2.12. The molecule has 1 aromatic heterocycles. The molecular formula is C18H14F3N3O3. The molecule has 27 heavy (non-hydrogen) atoms. The van der Waals surface area contributed by atoms with E-state index in [1.54, 1.807) is 12.1 Å². The fourth-order valence-electron chi connectivity index (χ4n) is 2.63. The number of aromatic nitrogens is 1. The van der Waals surface area contributed by atoms with Gasteiger partial charge in [-0.15, -0.1) is 0 Å². The van der Waals surface area contributed by atoms with Crippen molar-refractivity contribution >= 4 is 39.8 Å². The van der Waals surface area contributed by atoms with Gasteiger partial charge in [-0.1, -0.05) is 0 Å². The van der Waals surface area contributed by atoms with Gasteiger partial charge in [0.25, 0.3) is 0 Å². The smallest absolute Gasteiger partial charge is 0.416 e. The van der Waals surface area contributed by atoms with Gasteiger partial charge in [0.05, 0.1) is 16.8 Å². The minimum Gasteiger partial charge on any atom is -0.477 e. The molecule has 0 aliphatic heterocycles. The third kappa shape index (κ3) is 4.02. The molecule has 0 aliphatic carbocycles. The number of halogens is 3. The number of aromatic carboxylic acids is 1. The number of H-pyrrole nitrogens is 1. The molecule has 0 bridgehead atoms. The first-order valence-corrected chi connectivity index (χ1v) is 7.75. The van der Waals surface area contributed by atoms with Gasteiger partial charge in [0, 0.05) is 23.7 Å². The summed E-state index contributed by atoms with van der Waals surface area (Å²) in [5.41, 5.74) is 0.832. The Morgan fingerprint density at radius 3 is 2.26 bits per heavy atom. The van der Waals surface area contributed by atoms with Gasteiger partial charge in [0.2, 0.25) is 5.91 Å². The van der Waals surface area contributed by atoms with Crippen LogP contribution in [0.1, 0.15) is 23.0 Å². The second-order valence-corrected chi connectivity index (χ2v) is 5.85. The number of anilines is 3. The highest BCUT2D eigenvalue weighted by Gasteiger charge is 2.29. The molecule has 0 saturated carbocycles. The first kappa shape index (κ1) is 18.3. The molecule has 3 rings (SSSR count). The van der Waals surface area contributed by atoms with E-state index in [0.717, 1.165) is 12.1 Å². The number of alkyl halides is 3. The predicted molar refractivity (Wildman–Crippen MR) is 94.3 cm³/mol. The van der Waals surface area contributed by atoms with Crippen LogP contribution in [-0.2, 0) is 11.0 Å². The summed E-state index contributed by atoms with van der Waals surface area (Å²) >= 11 is 0. The zero-order chi connectivity index (χ0) is 19.8. The fraction of sp³-hybridized carbons (Fsp3) is 0.111. The standard InChI is InChI=1S/C18H14F3N3O3/c1-9(25)22-12-6-14(13-8-16(17(26)27)24-15(13)7-12)23-11-4-2-10(3-5-11)18(19,20)21/h2-8,23-24H,1H3,(H,22,25)(H,26,27). The van der Waals surface area contributed by atoms with Gasteiger partial charge in [-0.2, -0.15) is 13.2 Å². The molecule has 0 unspecified atom stereocenters. The lowest BCUT2D eigenvalue weighted by molar-refractivity contribution is -0.137. The number of carbonyl (C=O) groups excluding carboxylic acids is 1. The number of benzene rings is 2. The largest absolute Gasteiger partial charge is 0.477 e. The molecular weight excluding hydrogens is 363 g/mol. The van der Waals surface area contributed by atoms with Crippen molar-refractivity contribution in [3.63, 3.8) is 0 Å². The molecule has 0 radical (unpaired) electrons. The molecule has 0 aliphatic rings. The highest BCUT2D eigenvalue weighted by atomic mass is 19.4. The van der Waals surface area contributed by atoms with Crippen LogP contribution in [-0.4, -0.2) is 22.0 Å². The molecule has 0 atom stereocenters. The molecule has 9 heteroatoms. The maximum absolute atomic E-state index is 12.7. The number of hydrogen-bond acceptors (Lipinski definition) is 3. The van der Waals surface area contributed by atoms with Gasteiger partial charge >= 0.3 is 12.1 Å². The van der Waals surface area contributed by atoms with Gasteiger partial charge in [-0.3, -0.25) is 4.79 Å². The second kappa shape index (κ2) is 6.67. The fourth-order valence-corrected chi connectivity index (χ4v) is 2.63. The zero-order valence-corrected chi connectivity index (χ0v) is 13.9. The number of hydrogen-bond donors (Lipinski definition) is 4. The maximum Gasteiger partial charge on any atom is 0.416 e. The number of carboxylic acid groups (broad SMARTS) is 1. The summed E-state index contributed by atoms with van der Waals surface area (Å²) in [4.78, 5) is 25.3. The van der Waals surface area contributed by atoms with E-state index < -0.39 is 17.7 Å². The number of rotatable bonds is 4. The van der Waals surface area contributed by atoms with Crippen LogP contribution in [0.25, 0.3) is 10.9 Å². The summed E-state index contributed by atoms with van der Waals surface area (Å²) in [6.45, 7) is 1.32. The van der Waals surface area contributed by atoms with Gasteiger partial charge < -0.3 is 20.7 Å². The van der Waals surface area contributed by atoms with Crippen LogP contribution in [0.3, 0.4) is 0 Å². The highest BCUT2D eigenvalue weighted by Crippen LogP contribution is 2.33. The van der Waals surface area contributed by atoms with E-state index in [1.807, 2.05) is 0 Å². The van der Waals surface area contributed by atoms with E-state index in [0.29, 0.717) is 28.0 Å². The van der Waals surface area contributed by atoms with Crippen molar-refractivity contribution in [3.8, 4) is 0 Å². The molecule has 1 heterocycles. The predicted octanol–water partition coefficient (Wildman–Crippen LogP) is 4.59. The summed E-state index contributed by atoms with van der Waals surface area (Å²) in [5, 5.41) is 15.2. The van der Waals surface area contributed by atoms with E-state index in [-0.39, 0.29) is 11.6 Å². The van der Waals surface area contributed by atoms with Crippen molar-refractivity contribution in [2.45, 2.75) is 13.1 Å². The molecule has 0 fully saturated rings. The Labute approximate surface area is 151 Å². The molecule has 6 nitrogen and oxygen atoms in total. The Kier molecular flexibility index (Phi) is 4.52. The third-order valence-corrected chi connectivity index (χ3v) is 3.78. The summed E-state index contributed by atoms with van der Waals surface area (Å²) in [6, 6.07) is 8.96. The van der Waals surface area contributed by atoms with Crippen LogP contribution in [0.15, 0.2) is 42.5 Å². The van der Waals surface area contributed by atoms with Crippen LogP contribution in [0.2, 0.25) is 0 Å². The lowest BCUT2D eigenvalue weighted by atomic mass is 10.1. The second-order valence-electron chi connectivity index (χ2n) is 5.85. The molecule has 0 saturated heterocycles. The number of carboxylic acids is 1. The highest BCUT2D eigenvalue weighted by molar-refractivity contribution is 6.03. The summed E-state index contributed by atoms with van der Waals surface area (Å²) in [5.74, 6) is -1.48. The van der Waals surface area contributed by atoms with E-state index in [2.05, 4.69) is 15.6 Å².